The summed E-state index contributed by atoms with van der Waals surface area (Å²) in [5.74, 6) is 13.9. The van der Waals surface area contributed by atoms with Crippen molar-refractivity contribution in [1.82, 2.24) is 0 Å². The second kappa shape index (κ2) is 16.1. The van der Waals surface area contributed by atoms with Crippen LogP contribution in [0.15, 0.2) is 48.5 Å². The Morgan fingerprint density at radius 2 is 1.03 bits per heavy atom. The zero-order chi connectivity index (χ0) is 22.0. The fourth-order valence-corrected chi connectivity index (χ4v) is 3.29. The summed E-state index contributed by atoms with van der Waals surface area (Å²) in [6, 6.07) is 16.3. The van der Waals surface area contributed by atoms with Crippen molar-refractivity contribution in [2.24, 2.45) is 0 Å². The van der Waals surface area contributed by atoms with Crippen molar-refractivity contribution >= 4 is 0 Å². The lowest BCUT2D eigenvalue weighted by molar-refractivity contribution is 0.304. The molecule has 0 unspecified atom stereocenters. The molecule has 0 aliphatic heterocycles. The van der Waals surface area contributed by atoms with Gasteiger partial charge in [0.15, 0.2) is 0 Å². The average Bonchev–Trinajstić information content (AvgIpc) is 2.81. The van der Waals surface area contributed by atoms with Crippen LogP contribution < -0.4 is 4.74 Å². The molecule has 0 spiro atoms. The molecule has 0 aromatic heterocycles. The Bertz CT molecular complexity index is 838. The van der Waals surface area contributed by atoms with E-state index in [1.54, 1.807) is 0 Å². The van der Waals surface area contributed by atoms with Gasteiger partial charge in [-0.1, -0.05) is 88.9 Å². The summed E-state index contributed by atoms with van der Waals surface area (Å²) in [7, 11) is 0. The van der Waals surface area contributed by atoms with Gasteiger partial charge in [0.1, 0.15) is 5.75 Å². The smallest absolute Gasteiger partial charge is 0.119 e. The lowest BCUT2D eigenvalue weighted by Crippen LogP contribution is -1.97. The topological polar surface area (TPSA) is 9.23 Å². The van der Waals surface area contributed by atoms with E-state index < -0.39 is 0 Å². The Hall–Kier alpha value is -2.64. The van der Waals surface area contributed by atoms with Crippen LogP contribution in [-0.2, 0) is 0 Å². The Balaban J connectivity index is 1.73. The largest absolute Gasteiger partial charge is 0.494 e. The molecule has 0 fully saturated rings. The van der Waals surface area contributed by atoms with E-state index in [0.717, 1.165) is 41.9 Å². The van der Waals surface area contributed by atoms with Crippen molar-refractivity contribution in [3.8, 4) is 29.4 Å². The number of benzene rings is 2. The molecule has 1 nitrogen and oxygen atoms in total. The maximum Gasteiger partial charge on any atom is 0.119 e. The van der Waals surface area contributed by atoms with E-state index in [-0.39, 0.29) is 0 Å². The summed E-state index contributed by atoms with van der Waals surface area (Å²) in [4.78, 5) is 0. The third-order valence-electron chi connectivity index (χ3n) is 5.25. The number of hydrogen-bond donors (Lipinski definition) is 0. The lowest BCUT2D eigenvalue weighted by Gasteiger charge is -2.06. The lowest BCUT2D eigenvalue weighted by atomic mass is 10.1. The molecule has 0 amide bonds. The summed E-state index contributed by atoms with van der Waals surface area (Å²) < 4.78 is 5.84. The first-order chi connectivity index (χ1) is 15.3. The normalized spacial score (nSPS) is 10.0. The van der Waals surface area contributed by atoms with Gasteiger partial charge in [0, 0.05) is 23.1 Å². The predicted molar refractivity (Wildman–Crippen MR) is 133 cm³/mol. The minimum Gasteiger partial charge on any atom is -0.494 e. The Kier molecular flexibility index (Phi) is 12.8. The van der Waals surface area contributed by atoms with Gasteiger partial charge in [-0.2, -0.15) is 0 Å². The van der Waals surface area contributed by atoms with E-state index in [1.807, 2.05) is 36.4 Å². The second-order valence-corrected chi connectivity index (χ2v) is 8.08. The molecule has 31 heavy (non-hydrogen) atoms. The molecule has 2 aromatic rings. The Morgan fingerprint density at radius 3 is 1.65 bits per heavy atom. The molecule has 0 aliphatic rings. The van der Waals surface area contributed by atoms with Crippen molar-refractivity contribution in [2.45, 2.75) is 84.5 Å². The molecule has 2 aromatic carbocycles. The van der Waals surface area contributed by atoms with Gasteiger partial charge in [-0.05, 0) is 61.4 Å². The van der Waals surface area contributed by atoms with E-state index >= 15 is 0 Å². The van der Waals surface area contributed by atoms with E-state index in [4.69, 9.17) is 4.74 Å². The average molecular weight is 415 g/mol. The minimum atomic E-state index is 0.797. The van der Waals surface area contributed by atoms with Crippen LogP contribution in [-0.4, -0.2) is 6.61 Å². The Labute approximate surface area is 190 Å². The maximum atomic E-state index is 5.84. The summed E-state index contributed by atoms with van der Waals surface area (Å²) >= 11 is 0. The molecule has 1 heteroatoms. The van der Waals surface area contributed by atoms with Gasteiger partial charge in [0.2, 0.25) is 0 Å². The van der Waals surface area contributed by atoms with Crippen molar-refractivity contribution in [1.29, 1.82) is 0 Å². The first kappa shape index (κ1) is 24.6. The molecule has 0 radical (unpaired) electrons. The van der Waals surface area contributed by atoms with Crippen molar-refractivity contribution in [3.05, 3.63) is 65.2 Å². The van der Waals surface area contributed by atoms with Crippen LogP contribution in [0.5, 0.6) is 5.75 Å². The third-order valence-corrected chi connectivity index (χ3v) is 5.25. The molecular weight excluding hydrogens is 376 g/mol. The van der Waals surface area contributed by atoms with E-state index in [0.29, 0.717) is 0 Å². The van der Waals surface area contributed by atoms with Gasteiger partial charge in [-0.15, -0.1) is 0 Å². The van der Waals surface area contributed by atoms with Crippen LogP contribution in [0.4, 0.5) is 0 Å². The second-order valence-electron chi connectivity index (χ2n) is 8.08. The maximum absolute atomic E-state index is 5.84. The van der Waals surface area contributed by atoms with Crippen LogP contribution in [0, 0.1) is 23.7 Å². The van der Waals surface area contributed by atoms with E-state index in [1.165, 1.54) is 57.8 Å². The Morgan fingerprint density at radius 1 is 0.548 bits per heavy atom. The standard InChI is InChI=1S/C30H38O/c1-3-5-7-9-11-13-15-27-16-18-28(19-17-27)20-21-29-22-24-30(25-23-29)31-26-14-12-10-8-6-4-2/h16-19,22-25H,3-12,14,26H2,1-2H3. The number of hydrogen-bond acceptors (Lipinski definition) is 1. The zero-order valence-electron chi connectivity index (χ0n) is 19.5. The van der Waals surface area contributed by atoms with Gasteiger partial charge in [0.25, 0.3) is 0 Å². The highest BCUT2D eigenvalue weighted by Crippen LogP contribution is 2.13. The molecule has 0 saturated carbocycles. The van der Waals surface area contributed by atoms with Crippen LogP contribution >= 0.6 is 0 Å². The first-order valence-corrected chi connectivity index (χ1v) is 12.2. The minimum absolute atomic E-state index is 0.797. The van der Waals surface area contributed by atoms with Crippen LogP contribution in [0.1, 0.15) is 101 Å². The number of ether oxygens (including phenoxy) is 1. The van der Waals surface area contributed by atoms with Crippen molar-refractivity contribution < 1.29 is 4.74 Å². The summed E-state index contributed by atoms with van der Waals surface area (Å²) in [5, 5.41) is 0. The number of unbranched alkanes of at least 4 members (excludes halogenated alkanes) is 9. The van der Waals surface area contributed by atoms with E-state index in [9.17, 15) is 0 Å². The molecule has 0 aliphatic carbocycles. The molecule has 0 atom stereocenters. The zero-order valence-corrected chi connectivity index (χ0v) is 19.5. The molecule has 2 rings (SSSR count). The van der Waals surface area contributed by atoms with Crippen LogP contribution in [0.25, 0.3) is 0 Å². The molecule has 0 bridgehead atoms. The van der Waals surface area contributed by atoms with Crippen LogP contribution in [0.2, 0.25) is 0 Å². The van der Waals surface area contributed by atoms with Crippen LogP contribution in [0.3, 0.4) is 0 Å². The first-order valence-electron chi connectivity index (χ1n) is 12.2. The highest BCUT2D eigenvalue weighted by atomic mass is 16.5. The third kappa shape index (κ3) is 11.4. The van der Waals surface area contributed by atoms with Gasteiger partial charge in [-0.25, -0.2) is 0 Å². The van der Waals surface area contributed by atoms with E-state index in [2.05, 4.69) is 49.7 Å². The quantitative estimate of drug-likeness (QED) is 0.251. The highest BCUT2D eigenvalue weighted by Gasteiger charge is 1.95. The summed E-state index contributed by atoms with van der Waals surface area (Å²) in [6.07, 6.45) is 13.7. The summed E-state index contributed by atoms with van der Waals surface area (Å²) in [5.41, 5.74) is 3.08. The molecule has 0 N–H and O–H groups in total. The van der Waals surface area contributed by atoms with Crippen molar-refractivity contribution in [3.63, 3.8) is 0 Å². The van der Waals surface area contributed by atoms with Gasteiger partial charge in [0.05, 0.1) is 6.61 Å². The summed E-state index contributed by atoms with van der Waals surface area (Å²) in [6.45, 7) is 5.28. The fourth-order valence-electron chi connectivity index (χ4n) is 3.29. The molecule has 0 saturated heterocycles. The fraction of sp³-hybridized carbons (Fsp3) is 0.467. The van der Waals surface area contributed by atoms with Gasteiger partial charge < -0.3 is 4.74 Å². The highest BCUT2D eigenvalue weighted by molar-refractivity contribution is 5.46. The molecule has 0 heterocycles. The predicted octanol–water partition coefficient (Wildman–Crippen LogP) is 8.15. The van der Waals surface area contributed by atoms with Crippen molar-refractivity contribution in [2.75, 3.05) is 6.61 Å². The number of rotatable bonds is 12. The van der Waals surface area contributed by atoms with Gasteiger partial charge >= 0.3 is 0 Å². The monoisotopic (exact) mass is 414 g/mol. The SMILES string of the molecule is CCCCCCC#Cc1ccc(C#Cc2ccc(OCCCCCCCC)cc2)cc1. The molecule has 164 valence electrons. The molecular formula is C30H38O. The van der Waals surface area contributed by atoms with Gasteiger partial charge in [-0.3, -0.25) is 0 Å².